The topological polar surface area (TPSA) is 30.3 Å². The Morgan fingerprint density at radius 1 is 1.42 bits per heavy atom. The first-order valence-corrected chi connectivity index (χ1v) is 7.49. The van der Waals surface area contributed by atoms with Crippen LogP contribution < -0.4 is 4.90 Å². The highest BCUT2D eigenvalue weighted by Crippen LogP contribution is 2.30. The number of nitriles is 1. The SMILES string of the molecule is CS[C@H]1CN(c2ccc(F)cc2C#N)C[C@@H]1N(C)C. The van der Waals surface area contributed by atoms with Crippen molar-refractivity contribution < 1.29 is 4.39 Å². The number of hydrogen-bond acceptors (Lipinski definition) is 4. The second-order valence-corrected chi connectivity index (χ2v) is 6.06. The summed E-state index contributed by atoms with van der Waals surface area (Å²) in [5, 5.41) is 9.65. The molecular weight excluding hydrogens is 261 g/mol. The molecular formula is C14H18FN3S. The molecule has 1 aromatic carbocycles. The molecule has 0 spiro atoms. The van der Waals surface area contributed by atoms with Crippen molar-refractivity contribution in [3.63, 3.8) is 0 Å². The lowest BCUT2D eigenvalue weighted by molar-refractivity contribution is 0.320. The molecule has 19 heavy (non-hydrogen) atoms. The first-order valence-electron chi connectivity index (χ1n) is 6.20. The Kier molecular flexibility index (Phi) is 4.33. The highest BCUT2D eigenvalue weighted by molar-refractivity contribution is 7.99. The van der Waals surface area contributed by atoms with Crippen LogP contribution >= 0.6 is 11.8 Å². The molecule has 0 aliphatic carbocycles. The summed E-state index contributed by atoms with van der Waals surface area (Å²) in [5.41, 5.74) is 1.26. The maximum atomic E-state index is 13.2. The van der Waals surface area contributed by atoms with E-state index in [2.05, 4.69) is 36.2 Å². The van der Waals surface area contributed by atoms with Gasteiger partial charge in [-0.15, -0.1) is 0 Å². The van der Waals surface area contributed by atoms with Crippen LogP contribution in [0.5, 0.6) is 0 Å². The van der Waals surface area contributed by atoms with Crippen LogP contribution in [0.3, 0.4) is 0 Å². The van der Waals surface area contributed by atoms with Crippen molar-refractivity contribution in [2.45, 2.75) is 11.3 Å². The molecule has 1 fully saturated rings. The molecule has 0 bridgehead atoms. The molecule has 0 aromatic heterocycles. The molecule has 0 radical (unpaired) electrons. The minimum Gasteiger partial charge on any atom is -0.368 e. The van der Waals surface area contributed by atoms with Gasteiger partial charge in [-0.25, -0.2) is 4.39 Å². The molecule has 0 unspecified atom stereocenters. The predicted molar refractivity (Wildman–Crippen MR) is 78.1 cm³/mol. The summed E-state index contributed by atoms with van der Waals surface area (Å²) < 4.78 is 13.2. The van der Waals surface area contributed by atoms with Crippen molar-refractivity contribution in [2.75, 3.05) is 38.3 Å². The quantitative estimate of drug-likeness (QED) is 0.848. The minimum absolute atomic E-state index is 0.356. The Hall–Kier alpha value is -1.25. The van der Waals surface area contributed by atoms with Crippen molar-refractivity contribution in [3.8, 4) is 6.07 Å². The fraction of sp³-hybridized carbons (Fsp3) is 0.500. The van der Waals surface area contributed by atoms with Gasteiger partial charge in [0.25, 0.3) is 0 Å². The number of hydrogen-bond donors (Lipinski definition) is 0. The average molecular weight is 279 g/mol. The highest BCUT2D eigenvalue weighted by Gasteiger charge is 2.34. The van der Waals surface area contributed by atoms with Gasteiger partial charge in [0, 0.05) is 24.4 Å². The van der Waals surface area contributed by atoms with Gasteiger partial charge in [0.2, 0.25) is 0 Å². The third-order valence-electron chi connectivity index (χ3n) is 3.62. The van der Waals surface area contributed by atoms with E-state index in [1.54, 1.807) is 6.07 Å². The third kappa shape index (κ3) is 2.85. The van der Waals surface area contributed by atoms with Gasteiger partial charge in [0.1, 0.15) is 11.9 Å². The van der Waals surface area contributed by atoms with E-state index in [0.717, 1.165) is 18.8 Å². The van der Waals surface area contributed by atoms with Crippen LogP contribution in [-0.4, -0.2) is 49.6 Å². The van der Waals surface area contributed by atoms with Gasteiger partial charge >= 0.3 is 0 Å². The first-order chi connectivity index (χ1) is 9.06. The summed E-state index contributed by atoms with van der Waals surface area (Å²) in [6.07, 6.45) is 2.11. The molecule has 5 heteroatoms. The van der Waals surface area contributed by atoms with Crippen LogP contribution in [0, 0.1) is 17.1 Å². The molecule has 1 aliphatic rings. The Morgan fingerprint density at radius 3 is 2.68 bits per heavy atom. The van der Waals surface area contributed by atoms with Crippen molar-refractivity contribution >= 4 is 17.4 Å². The second kappa shape index (κ2) is 5.81. The molecule has 1 aromatic rings. The van der Waals surface area contributed by atoms with Gasteiger partial charge in [-0.3, -0.25) is 0 Å². The molecule has 3 nitrogen and oxygen atoms in total. The van der Waals surface area contributed by atoms with Gasteiger partial charge in [0.15, 0.2) is 0 Å². The molecule has 1 heterocycles. The molecule has 0 saturated carbocycles. The van der Waals surface area contributed by atoms with E-state index < -0.39 is 0 Å². The van der Waals surface area contributed by atoms with E-state index in [0.29, 0.717) is 16.9 Å². The summed E-state index contributed by atoms with van der Waals surface area (Å²) in [6, 6.07) is 6.99. The molecule has 2 rings (SSSR count). The van der Waals surface area contributed by atoms with Crippen LogP contribution in [-0.2, 0) is 0 Å². The zero-order chi connectivity index (χ0) is 14.0. The second-order valence-electron chi connectivity index (χ2n) is 4.98. The van der Waals surface area contributed by atoms with Crippen LogP contribution in [0.2, 0.25) is 0 Å². The Bertz CT molecular complexity index is 498. The summed E-state index contributed by atoms with van der Waals surface area (Å²) in [6.45, 7) is 1.77. The van der Waals surface area contributed by atoms with Crippen LogP contribution in [0.4, 0.5) is 10.1 Å². The molecule has 0 amide bonds. The van der Waals surface area contributed by atoms with E-state index in [1.807, 2.05) is 11.8 Å². The molecule has 1 aliphatic heterocycles. The van der Waals surface area contributed by atoms with E-state index in [4.69, 9.17) is 5.26 Å². The van der Waals surface area contributed by atoms with Gasteiger partial charge in [-0.1, -0.05) is 0 Å². The van der Waals surface area contributed by atoms with E-state index in [1.165, 1.54) is 12.1 Å². The molecule has 1 saturated heterocycles. The number of halogens is 1. The first kappa shape index (κ1) is 14.2. The van der Waals surface area contributed by atoms with Crippen LogP contribution in [0.1, 0.15) is 5.56 Å². The summed E-state index contributed by atoms with van der Waals surface area (Å²) in [7, 11) is 4.15. The van der Waals surface area contributed by atoms with Crippen molar-refractivity contribution in [2.24, 2.45) is 0 Å². The lowest BCUT2D eigenvalue weighted by Gasteiger charge is -2.23. The molecule has 102 valence electrons. The Labute approximate surface area is 118 Å². The summed E-state index contributed by atoms with van der Waals surface area (Å²) in [4.78, 5) is 4.40. The number of likely N-dealkylation sites (N-methyl/N-ethyl adjacent to an activating group) is 1. The zero-order valence-corrected chi connectivity index (χ0v) is 12.2. The van der Waals surface area contributed by atoms with E-state index in [9.17, 15) is 4.39 Å². The van der Waals surface area contributed by atoms with Crippen LogP contribution in [0.25, 0.3) is 0 Å². The largest absolute Gasteiger partial charge is 0.368 e. The van der Waals surface area contributed by atoms with Gasteiger partial charge in [0.05, 0.1) is 11.3 Å². The van der Waals surface area contributed by atoms with Crippen molar-refractivity contribution in [1.29, 1.82) is 5.26 Å². The highest BCUT2D eigenvalue weighted by atomic mass is 32.2. The number of thioether (sulfide) groups is 1. The minimum atomic E-state index is -0.356. The summed E-state index contributed by atoms with van der Waals surface area (Å²) in [5.74, 6) is -0.356. The lowest BCUT2D eigenvalue weighted by atomic mass is 10.1. The van der Waals surface area contributed by atoms with E-state index >= 15 is 0 Å². The standard InChI is InChI=1S/C14H18FN3S/c1-17(2)13-8-18(9-14(13)19-3)12-5-4-11(15)6-10(12)7-16/h4-6,13-14H,8-9H2,1-3H3/t13-,14-/m0/s1. The number of benzene rings is 1. The molecule has 2 atom stereocenters. The fourth-order valence-electron chi connectivity index (χ4n) is 2.55. The zero-order valence-electron chi connectivity index (χ0n) is 11.4. The lowest BCUT2D eigenvalue weighted by Crippen LogP contribution is -2.36. The molecule has 0 N–H and O–H groups in total. The number of nitrogens with zero attached hydrogens (tertiary/aromatic N) is 3. The monoisotopic (exact) mass is 279 g/mol. The maximum Gasteiger partial charge on any atom is 0.124 e. The van der Waals surface area contributed by atoms with Gasteiger partial charge in [-0.05, 0) is 38.6 Å². The van der Waals surface area contributed by atoms with E-state index in [-0.39, 0.29) is 5.82 Å². The third-order valence-corrected chi connectivity index (χ3v) is 4.69. The smallest absolute Gasteiger partial charge is 0.124 e. The van der Waals surface area contributed by atoms with Crippen molar-refractivity contribution in [3.05, 3.63) is 29.6 Å². The van der Waals surface area contributed by atoms with Crippen LogP contribution in [0.15, 0.2) is 18.2 Å². The average Bonchev–Trinajstić information content (AvgIpc) is 2.82. The Balaban J connectivity index is 2.27. The number of anilines is 1. The Morgan fingerprint density at radius 2 is 2.16 bits per heavy atom. The predicted octanol–water partition coefficient (Wildman–Crippen LogP) is 2.18. The van der Waals surface area contributed by atoms with Gasteiger partial charge in [-0.2, -0.15) is 17.0 Å². The fourth-order valence-corrected chi connectivity index (χ4v) is 3.53. The number of rotatable bonds is 3. The normalized spacial score (nSPS) is 22.8. The summed E-state index contributed by atoms with van der Waals surface area (Å²) >= 11 is 1.84. The maximum absolute atomic E-state index is 13.2. The van der Waals surface area contributed by atoms with Crippen molar-refractivity contribution in [1.82, 2.24) is 4.90 Å². The van der Waals surface area contributed by atoms with Gasteiger partial charge < -0.3 is 9.80 Å².